The summed E-state index contributed by atoms with van der Waals surface area (Å²) in [6, 6.07) is -4.03. The predicted octanol–water partition coefficient (Wildman–Crippen LogP) is -4.12. The second kappa shape index (κ2) is 14.3. The SMILES string of the molecule is NC(=O)CCC(N)C(=O)NC(CCC(=O)O)C(=O)NC(CCC(N)=O)C(=O)NCC(=O)O. The maximum absolute atomic E-state index is 12.6. The first-order valence-corrected chi connectivity index (χ1v) is 9.47. The van der Waals surface area contributed by atoms with Crippen molar-refractivity contribution in [2.24, 2.45) is 17.2 Å². The number of carboxylic acid groups (broad SMARTS) is 2. The molecule has 0 aliphatic carbocycles. The molecule has 0 aromatic heterocycles. The number of nitrogens with two attached hydrogens (primary N) is 3. The average molecular weight is 460 g/mol. The fourth-order valence-corrected chi connectivity index (χ4v) is 2.36. The summed E-state index contributed by atoms with van der Waals surface area (Å²) in [5, 5.41) is 24.1. The van der Waals surface area contributed by atoms with E-state index in [0.29, 0.717) is 0 Å². The van der Waals surface area contributed by atoms with Crippen LogP contribution < -0.4 is 33.2 Å². The van der Waals surface area contributed by atoms with Gasteiger partial charge in [-0.05, 0) is 19.3 Å². The molecule has 180 valence electrons. The summed E-state index contributed by atoms with van der Waals surface area (Å²) in [5.74, 6) is -6.86. The Morgan fingerprint density at radius 1 is 0.656 bits per heavy atom. The van der Waals surface area contributed by atoms with Crippen LogP contribution in [0.4, 0.5) is 0 Å². The summed E-state index contributed by atoms with van der Waals surface area (Å²) in [6.07, 6.45) is -1.80. The lowest BCUT2D eigenvalue weighted by atomic mass is 10.1. The summed E-state index contributed by atoms with van der Waals surface area (Å²) in [5.41, 5.74) is 15.7. The van der Waals surface area contributed by atoms with E-state index >= 15 is 0 Å². The summed E-state index contributed by atoms with van der Waals surface area (Å²) in [6.45, 7) is -0.754. The van der Waals surface area contributed by atoms with Gasteiger partial charge in [0.25, 0.3) is 0 Å². The fourth-order valence-electron chi connectivity index (χ4n) is 2.36. The molecule has 0 radical (unpaired) electrons. The standard InChI is InChI=1S/C17H28N6O9/c18-8(1-4-11(19)24)15(30)22-10(3-6-13(26)27)17(32)23-9(2-5-12(20)25)16(31)21-7-14(28)29/h8-10H,1-7,18H2,(H2,19,24)(H2,20,25)(H,21,31)(H,22,30)(H,23,32)(H,26,27)(H,28,29). The molecule has 3 unspecified atom stereocenters. The van der Waals surface area contributed by atoms with E-state index in [9.17, 15) is 33.6 Å². The highest BCUT2D eigenvalue weighted by molar-refractivity contribution is 5.94. The Morgan fingerprint density at radius 2 is 1.12 bits per heavy atom. The van der Waals surface area contributed by atoms with Crippen LogP contribution in [0.1, 0.15) is 38.5 Å². The zero-order valence-corrected chi connectivity index (χ0v) is 17.2. The number of carboxylic acids is 2. The topological polar surface area (TPSA) is 274 Å². The van der Waals surface area contributed by atoms with Crippen LogP contribution in [-0.4, -0.2) is 76.4 Å². The van der Waals surface area contributed by atoms with E-state index in [-0.39, 0.29) is 32.1 Å². The molecule has 15 nitrogen and oxygen atoms in total. The third-order valence-corrected chi connectivity index (χ3v) is 4.04. The van der Waals surface area contributed by atoms with Crippen LogP contribution in [0.3, 0.4) is 0 Å². The van der Waals surface area contributed by atoms with Crippen molar-refractivity contribution >= 4 is 41.5 Å². The maximum atomic E-state index is 12.6. The number of carbonyl (C=O) groups is 7. The molecule has 0 fully saturated rings. The molecular weight excluding hydrogens is 432 g/mol. The minimum absolute atomic E-state index is 0.118. The monoisotopic (exact) mass is 460 g/mol. The van der Waals surface area contributed by atoms with E-state index in [0.717, 1.165) is 0 Å². The highest BCUT2D eigenvalue weighted by Gasteiger charge is 2.29. The number of nitrogens with one attached hydrogen (secondary N) is 3. The van der Waals surface area contributed by atoms with Crippen LogP contribution in [0.15, 0.2) is 0 Å². The molecule has 3 atom stereocenters. The smallest absolute Gasteiger partial charge is 0.322 e. The Morgan fingerprint density at radius 3 is 1.62 bits per heavy atom. The van der Waals surface area contributed by atoms with E-state index in [1.54, 1.807) is 0 Å². The van der Waals surface area contributed by atoms with Crippen LogP contribution in [0.5, 0.6) is 0 Å². The van der Waals surface area contributed by atoms with Crippen LogP contribution >= 0.6 is 0 Å². The Kier molecular flexibility index (Phi) is 12.6. The minimum Gasteiger partial charge on any atom is -0.481 e. The van der Waals surface area contributed by atoms with Gasteiger partial charge in [-0.3, -0.25) is 33.6 Å². The second-order valence-corrected chi connectivity index (χ2v) is 6.78. The highest BCUT2D eigenvalue weighted by atomic mass is 16.4. The van der Waals surface area contributed by atoms with E-state index in [4.69, 9.17) is 27.4 Å². The van der Waals surface area contributed by atoms with E-state index in [1.807, 2.05) is 5.32 Å². The molecule has 0 saturated heterocycles. The van der Waals surface area contributed by atoms with E-state index in [1.165, 1.54) is 0 Å². The molecule has 0 aromatic carbocycles. The molecule has 0 aliphatic heterocycles. The summed E-state index contributed by atoms with van der Waals surface area (Å²) in [4.78, 5) is 80.4. The zero-order valence-electron chi connectivity index (χ0n) is 17.2. The lowest BCUT2D eigenvalue weighted by Gasteiger charge is -2.23. The number of carbonyl (C=O) groups excluding carboxylic acids is 5. The van der Waals surface area contributed by atoms with Crippen molar-refractivity contribution in [2.75, 3.05) is 6.54 Å². The van der Waals surface area contributed by atoms with Crippen molar-refractivity contribution in [3.8, 4) is 0 Å². The summed E-state index contributed by atoms with van der Waals surface area (Å²) in [7, 11) is 0. The van der Waals surface area contributed by atoms with Gasteiger partial charge < -0.3 is 43.4 Å². The average Bonchev–Trinajstić information content (AvgIpc) is 2.69. The van der Waals surface area contributed by atoms with Crippen molar-refractivity contribution in [1.29, 1.82) is 0 Å². The Bertz CT molecular complexity index is 742. The second-order valence-electron chi connectivity index (χ2n) is 6.78. The third kappa shape index (κ3) is 12.7. The lowest BCUT2D eigenvalue weighted by molar-refractivity contribution is -0.139. The largest absolute Gasteiger partial charge is 0.481 e. The van der Waals surface area contributed by atoms with Gasteiger partial charge in [0.1, 0.15) is 18.6 Å². The lowest BCUT2D eigenvalue weighted by Crippen LogP contribution is -2.56. The third-order valence-electron chi connectivity index (χ3n) is 4.04. The van der Waals surface area contributed by atoms with Gasteiger partial charge in [-0.1, -0.05) is 0 Å². The molecule has 0 saturated carbocycles. The van der Waals surface area contributed by atoms with Crippen LogP contribution in [-0.2, 0) is 33.6 Å². The van der Waals surface area contributed by atoms with Crippen LogP contribution in [0.2, 0.25) is 0 Å². The van der Waals surface area contributed by atoms with Gasteiger partial charge in [0.05, 0.1) is 6.04 Å². The molecule has 0 aliphatic rings. The van der Waals surface area contributed by atoms with Gasteiger partial charge in [-0.2, -0.15) is 0 Å². The van der Waals surface area contributed by atoms with Crippen molar-refractivity contribution in [3.63, 3.8) is 0 Å². The molecule has 11 N–H and O–H groups in total. The molecular formula is C17H28N6O9. The maximum Gasteiger partial charge on any atom is 0.322 e. The quantitative estimate of drug-likeness (QED) is 0.110. The van der Waals surface area contributed by atoms with Gasteiger partial charge in [-0.15, -0.1) is 0 Å². The normalized spacial score (nSPS) is 13.2. The van der Waals surface area contributed by atoms with Gasteiger partial charge in [0, 0.05) is 19.3 Å². The van der Waals surface area contributed by atoms with Gasteiger partial charge >= 0.3 is 11.9 Å². The Balaban J connectivity index is 5.34. The Labute approximate surface area is 182 Å². The zero-order chi connectivity index (χ0) is 24.8. The van der Waals surface area contributed by atoms with Crippen molar-refractivity contribution in [1.82, 2.24) is 16.0 Å². The van der Waals surface area contributed by atoms with Crippen molar-refractivity contribution in [2.45, 2.75) is 56.7 Å². The summed E-state index contributed by atoms with van der Waals surface area (Å²) >= 11 is 0. The first-order valence-electron chi connectivity index (χ1n) is 9.47. The minimum atomic E-state index is -1.43. The number of amides is 5. The number of rotatable bonds is 16. The molecule has 32 heavy (non-hydrogen) atoms. The van der Waals surface area contributed by atoms with Gasteiger partial charge in [-0.25, -0.2) is 0 Å². The van der Waals surface area contributed by atoms with Crippen LogP contribution in [0, 0.1) is 0 Å². The first kappa shape index (κ1) is 28.2. The molecule has 5 amide bonds. The fraction of sp³-hybridized carbons (Fsp3) is 0.588. The van der Waals surface area contributed by atoms with Crippen molar-refractivity contribution < 1.29 is 43.8 Å². The molecule has 0 spiro atoms. The first-order chi connectivity index (χ1) is 14.8. The number of hydrogen-bond donors (Lipinski definition) is 8. The van der Waals surface area contributed by atoms with E-state index < -0.39 is 72.6 Å². The van der Waals surface area contributed by atoms with Crippen molar-refractivity contribution in [3.05, 3.63) is 0 Å². The molecule has 0 rings (SSSR count). The van der Waals surface area contributed by atoms with E-state index in [2.05, 4.69) is 10.6 Å². The molecule has 15 heteroatoms. The molecule has 0 bridgehead atoms. The van der Waals surface area contributed by atoms with Crippen LogP contribution in [0.25, 0.3) is 0 Å². The molecule has 0 heterocycles. The number of hydrogen-bond acceptors (Lipinski definition) is 8. The predicted molar refractivity (Wildman–Crippen MR) is 106 cm³/mol. The number of aliphatic carboxylic acids is 2. The highest BCUT2D eigenvalue weighted by Crippen LogP contribution is 2.04. The van der Waals surface area contributed by atoms with Gasteiger partial charge in [0.15, 0.2) is 0 Å². The summed E-state index contributed by atoms with van der Waals surface area (Å²) < 4.78 is 0. The molecule has 0 aromatic rings. The number of primary amides is 2. The van der Waals surface area contributed by atoms with Gasteiger partial charge in [0.2, 0.25) is 29.5 Å². The Hall–Kier alpha value is -3.75.